The van der Waals surface area contributed by atoms with Crippen LogP contribution in [0, 0.1) is 5.92 Å². The first-order chi connectivity index (χ1) is 7.24. The van der Waals surface area contributed by atoms with Gasteiger partial charge in [0.1, 0.15) is 0 Å². The van der Waals surface area contributed by atoms with Gasteiger partial charge in [0.05, 0.1) is 0 Å². The molecular formula is C13H23FO2. The summed E-state index contributed by atoms with van der Waals surface area (Å²) in [5.41, 5.74) is 0.228. The van der Waals surface area contributed by atoms with Gasteiger partial charge in [0.2, 0.25) is 5.85 Å². The molecule has 0 saturated carbocycles. The summed E-state index contributed by atoms with van der Waals surface area (Å²) in [6, 6.07) is 0. The molecule has 0 aliphatic heterocycles. The summed E-state index contributed by atoms with van der Waals surface area (Å²) in [4.78, 5) is 11.1. The maximum Gasteiger partial charge on any atom is 0.335 e. The Morgan fingerprint density at radius 2 is 2.00 bits per heavy atom. The largest absolute Gasteiger partial charge is 0.425 e. The molecule has 0 amide bonds. The molecule has 0 aromatic heterocycles. The van der Waals surface area contributed by atoms with E-state index in [9.17, 15) is 9.18 Å². The van der Waals surface area contributed by atoms with Crippen molar-refractivity contribution in [3.05, 3.63) is 12.2 Å². The van der Waals surface area contributed by atoms with Crippen LogP contribution in [0.1, 0.15) is 53.4 Å². The molecule has 1 atom stereocenters. The van der Waals surface area contributed by atoms with Crippen molar-refractivity contribution in [2.75, 3.05) is 0 Å². The monoisotopic (exact) mass is 230 g/mol. The minimum absolute atomic E-state index is 0.228. The van der Waals surface area contributed by atoms with Gasteiger partial charge in [-0.3, -0.25) is 0 Å². The molecule has 0 rings (SSSR count). The normalized spacial score (nSPS) is 14.6. The van der Waals surface area contributed by atoms with Crippen LogP contribution in [0.25, 0.3) is 0 Å². The van der Waals surface area contributed by atoms with Crippen molar-refractivity contribution in [2.45, 2.75) is 59.2 Å². The van der Waals surface area contributed by atoms with E-state index in [-0.39, 0.29) is 12.0 Å². The fourth-order valence-electron chi connectivity index (χ4n) is 1.32. The SMILES string of the molecule is C=C(C)C(=O)OC(C)(F)CCCCC(C)C. The summed E-state index contributed by atoms with van der Waals surface area (Å²) in [6.07, 6.45) is 3.01. The van der Waals surface area contributed by atoms with Gasteiger partial charge >= 0.3 is 5.97 Å². The number of rotatable bonds is 7. The van der Waals surface area contributed by atoms with Crippen molar-refractivity contribution in [2.24, 2.45) is 5.92 Å². The number of hydrogen-bond donors (Lipinski definition) is 0. The Balaban J connectivity index is 3.87. The van der Waals surface area contributed by atoms with Gasteiger partial charge in [-0.05, 0) is 19.3 Å². The first-order valence-corrected chi connectivity index (χ1v) is 5.82. The van der Waals surface area contributed by atoms with E-state index < -0.39 is 11.8 Å². The summed E-state index contributed by atoms with van der Waals surface area (Å²) >= 11 is 0. The number of hydrogen-bond acceptors (Lipinski definition) is 2. The Hall–Kier alpha value is -0.860. The van der Waals surface area contributed by atoms with Crippen LogP contribution in [0.3, 0.4) is 0 Å². The van der Waals surface area contributed by atoms with E-state index in [1.807, 2.05) is 0 Å². The second-order valence-corrected chi connectivity index (χ2v) is 4.91. The highest BCUT2D eigenvalue weighted by Crippen LogP contribution is 2.22. The molecule has 0 spiro atoms. The molecule has 0 aliphatic rings. The molecule has 0 radical (unpaired) electrons. The summed E-state index contributed by atoms with van der Waals surface area (Å²) < 4.78 is 18.4. The van der Waals surface area contributed by atoms with E-state index in [0.717, 1.165) is 19.3 Å². The fourth-order valence-corrected chi connectivity index (χ4v) is 1.32. The van der Waals surface area contributed by atoms with Crippen molar-refractivity contribution in [1.29, 1.82) is 0 Å². The summed E-state index contributed by atoms with van der Waals surface area (Å²) in [7, 11) is 0. The lowest BCUT2D eigenvalue weighted by atomic mass is 10.0. The third-order valence-electron chi connectivity index (χ3n) is 2.31. The number of carbonyl (C=O) groups is 1. The molecule has 0 bridgehead atoms. The Morgan fingerprint density at radius 3 is 2.44 bits per heavy atom. The average molecular weight is 230 g/mol. The molecule has 16 heavy (non-hydrogen) atoms. The Bertz CT molecular complexity index is 244. The van der Waals surface area contributed by atoms with Crippen LogP contribution in [0.15, 0.2) is 12.2 Å². The van der Waals surface area contributed by atoms with Gasteiger partial charge in [-0.15, -0.1) is 0 Å². The molecule has 0 N–H and O–H groups in total. The van der Waals surface area contributed by atoms with Gasteiger partial charge in [0.15, 0.2) is 0 Å². The Kier molecular flexibility index (Phi) is 6.31. The van der Waals surface area contributed by atoms with Crippen molar-refractivity contribution in [3.8, 4) is 0 Å². The third kappa shape index (κ3) is 7.43. The van der Waals surface area contributed by atoms with Crippen molar-refractivity contribution in [3.63, 3.8) is 0 Å². The molecule has 0 saturated heterocycles. The minimum Gasteiger partial charge on any atom is -0.425 e. The molecule has 3 heteroatoms. The molecule has 1 unspecified atom stereocenters. The standard InChI is InChI=1S/C13H23FO2/c1-10(2)8-6-7-9-13(5,14)16-12(15)11(3)4/h10H,3,6-9H2,1-2,4-5H3. The zero-order valence-electron chi connectivity index (χ0n) is 10.8. The fraction of sp³-hybridized carbons (Fsp3) is 0.769. The predicted molar refractivity (Wildman–Crippen MR) is 63.7 cm³/mol. The first kappa shape index (κ1) is 15.1. The van der Waals surface area contributed by atoms with Crippen LogP contribution in [0.4, 0.5) is 4.39 Å². The highest BCUT2D eigenvalue weighted by atomic mass is 19.2. The number of alkyl halides is 1. The Morgan fingerprint density at radius 1 is 1.44 bits per heavy atom. The van der Waals surface area contributed by atoms with Gasteiger partial charge in [0, 0.05) is 18.9 Å². The van der Waals surface area contributed by atoms with E-state index in [1.165, 1.54) is 13.8 Å². The number of esters is 1. The lowest BCUT2D eigenvalue weighted by molar-refractivity contribution is -0.174. The lowest BCUT2D eigenvalue weighted by Gasteiger charge is -2.21. The van der Waals surface area contributed by atoms with Gasteiger partial charge in [-0.25, -0.2) is 4.79 Å². The van der Waals surface area contributed by atoms with Crippen LogP contribution in [-0.4, -0.2) is 11.8 Å². The molecule has 0 aromatic carbocycles. The molecule has 0 aromatic rings. The highest BCUT2D eigenvalue weighted by Gasteiger charge is 2.27. The molecule has 0 heterocycles. The Labute approximate surface area is 97.9 Å². The predicted octanol–water partition coefficient (Wildman–Crippen LogP) is 4.01. The van der Waals surface area contributed by atoms with Gasteiger partial charge < -0.3 is 4.74 Å². The van der Waals surface area contributed by atoms with Crippen LogP contribution in [0.2, 0.25) is 0 Å². The molecule has 0 aliphatic carbocycles. The maximum absolute atomic E-state index is 13.7. The van der Waals surface area contributed by atoms with Gasteiger partial charge in [-0.1, -0.05) is 33.3 Å². The number of ether oxygens (including phenoxy) is 1. The van der Waals surface area contributed by atoms with Crippen LogP contribution < -0.4 is 0 Å². The second kappa shape index (κ2) is 6.66. The number of unbranched alkanes of at least 4 members (excludes halogenated alkanes) is 1. The van der Waals surface area contributed by atoms with E-state index >= 15 is 0 Å². The molecular weight excluding hydrogens is 207 g/mol. The number of carbonyl (C=O) groups excluding carboxylic acids is 1. The topological polar surface area (TPSA) is 26.3 Å². The molecule has 94 valence electrons. The maximum atomic E-state index is 13.7. The smallest absolute Gasteiger partial charge is 0.335 e. The first-order valence-electron chi connectivity index (χ1n) is 5.82. The van der Waals surface area contributed by atoms with Gasteiger partial charge in [-0.2, -0.15) is 4.39 Å². The van der Waals surface area contributed by atoms with Crippen LogP contribution >= 0.6 is 0 Å². The second-order valence-electron chi connectivity index (χ2n) is 4.91. The van der Waals surface area contributed by atoms with Gasteiger partial charge in [0.25, 0.3) is 0 Å². The van der Waals surface area contributed by atoms with E-state index in [1.54, 1.807) is 0 Å². The molecule has 0 fully saturated rings. The van der Waals surface area contributed by atoms with Crippen molar-refractivity contribution < 1.29 is 13.9 Å². The quantitative estimate of drug-likeness (QED) is 0.375. The van der Waals surface area contributed by atoms with Crippen molar-refractivity contribution >= 4 is 5.97 Å². The minimum atomic E-state index is -1.87. The zero-order chi connectivity index (χ0) is 12.8. The van der Waals surface area contributed by atoms with E-state index in [4.69, 9.17) is 4.74 Å². The third-order valence-corrected chi connectivity index (χ3v) is 2.31. The van der Waals surface area contributed by atoms with E-state index in [2.05, 4.69) is 20.4 Å². The summed E-state index contributed by atoms with van der Waals surface area (Å²) in [6.45, 7) is 10.5. The van der Waals surface area contributed by atoms with Crippen LogP contribution in [0.5, 0.6) is 0 Å². The molecule has 2 nitrogen and oxygen atoms in total. The summed E-state index contributed by atoms with van der Waals surface area (Å²) in [5.74, 6) is -1.90. The van der Waals surface area contributed by atoms with Crippen LogP contribution in [-0.2, 0) is 9.53 Å². The zero-order valence-corrected chi connectivity index (χ0v) is 10.8. The average Bonchev–Trinajstić information content (AvgIpc) is 2.11. The van der Waals surface area contributed by atoms with Crippen molar-refractivity contribution in [1.82, 2.24) is 0 Å². The lowest BCUT2D eigenvalue weighted by Crippen LogP contribution is -2.26. The van der Waals surface area contributed by atoms with E-state index in [0.29, 0.717) is 5.92 Å². The number of halogens is 1. The highest BCUT2D eigenvalue weighted by molar-refractivity contribution is 5.87. The summed E-state index contributed by atoms with van der Waals surface area (Å²) in [5, 5.41) is 0.